The van der Waals surface area contributed by atoms with Gasteiger partial charge < -0.3 is 15.5 Å². The molecular weight excluding hydrogens is 202 g/mol. The van der Waals surface area contributed by atoms with Gasteiger partial charge in [-0.2, -0.15) is 0 Å². The summed E-state index contributed by atoms with van der Waals surface area (Å²) < 4.78 is 5.37. The van der Waals surface area contributed by atoms with Gasteiger partial charge in [0.2, 0.25) is 0 Å². The number of nitrogens with two attached hydrogens (primary N) is 1. The number of hydrogen-bond donors (Lipinski definition) is 2. The molecule has 1 atom stereocenters. The van der Waals surface area contributed by atoms with E-state index in [0.29, 0.717) is 6.61 Å². The standard InChI is InChI=1S/C12H15N3O/c1-2-16-10-5-3-9(4-6-10)11(13)12-14-7-8-15-12/h3-8,11H,2,13H2,1H3,(H,14,15). The summed E-state index contributed by atoms with van der Waals surface area (Å²) in [6.07, 6.45) is 3.47. The first kappa shape index (κ1) is 10.7. The number of aromatic nitrogens is 2. The van der Waals surface area contributed by atoms with Crippen molar-refractivity contribution in [2.24, 2.45) is 5.73 Å². The van der Waals surface area contributed by atoms with E-state index in [1.807, 2.05) is 31.2 Å². The number of aromatic amines is 1. The van der Waals surface area contributed by atoms with Gasteiger partial charge in [-0.05, 0) is 24.6 Å². The molecule has 0 spiro atoms. The summed E-state index contributed by atoms with van der Waals surface area (Å²) in [5.41, 5.74) is 7.06. The molecule has 2 aromatic rings. The van der Waals surface area contributed by atoms with Gasteiger partial charge in [-0.25, -0.2) is 4.98 Å². The van der Waals surface area contributed by atoms with E-state index in [0.717, 1.165) is 17.1 Å². The Labute approximate surface area is 94.5 Å². The Bertz CT molecular complexity index is 422. The number of H-pyrrole nitrogens is 1. The van der Waals surface area contributed by atoms with Gasteiger partial charge in [0.15, 0.2) is 0 Å². The Morgan fingerprint density at radius 1 is 1.38 bits per heavy atom. The van der Waals surface area contributed by atoms with Crippen LogP contribution in [0.4, 0.5) is 0 Å². The van der Waals surface area contributed by atoms with Crippen molar-refractivity contribution in [2.45, 2.75) is 13.0 Å². The molecule has 3 N–H and O–H groups in total. The highest BCUT2D eigenvalue weighted by Gasteiger charge is 2.10. The third-order valence-electron chi connectivity index (χ3n) is 2.36. The van der Waals surface area contributed by atoms with Gasteiger partial charge in [-0.15, -0.1) is 0 Å². The van der Waals surface area contributed by atoms with Crippen molar-refractivity contribution in [3.8, 4) is 5.75 Å². The number of hydrogen-bond acceptors (Lipinski definition) is 3. The van der Waals surface area contributed by atoms with Gasteiger partial charge in [0.05, 0.1) is 12.6 Å². The molecule has 0 radical (unpaired) electrons. The molecule has 0 aliphatic rings. The molecule has 16 heavy (non-hydrogen) atoms. The molecule has 1 heterocycles. The first-order chi connectivity index (χ1) is 7.81. The first-order valence-electron chi connectivity index (χ1n) is 5.29. The van der Waals surface area contributed by atoms with E-state index in [-0.39, 0.29) is 6.04 Å². The molecule has 1 aromatic carbocycles. The Morgan fingerprint density at radius 2 is 2.12 bits per heavy atom. The molecule has 0 fully saturated rings. The SMILES string of the molecule is CCOc1ccc(C(N)c2ncc[nH]2)cc1. The molecule has 0 aliphatic carbocycles. The molecule has 1 unspecified atom stereocenters. The zero-order valence-corrected chi connectivity index (χ0v) is 9.18. The monoisotopic (exact) mass is 217 g/mol. The van der Waals surface area contributed by atoms with Crippen LogP contribution in [-0.4, -0.2) is 16.6 Å². The molecule has 0 bridgehead atoms. The number of nitrogens with zero attached hydrogens (tertiary/aromatic N) is 1. The number of nitrogens with one attached hydrogen (secondary N) is 1. The highest BCUT2D eigenvalue weighted by molar-refractivity contribution is 5.31. The maximum absolute atomic E-state index is 6.05. The maximum Gasteiger partial charge on any atom is 0.127 e. The molecule has 0 amide bonds. The average Bonchev–Trinajstić information content (AvgIpc) is 2.83. The van der Waals surface area contributed by atoms with Crippen LogP contribution in [0.1, 0.15) is 24.4 Å². The molecule has 0 saturated heterocycles. The summed E-state index contributed by atoms with van der Waals surface area (Å²) in [5.74, 6) is 1.63. The van der Waals surface area contributed by atoms with Crippen LogP contribution in [-0.2, 0) is 0 Å². The Balaban J connectivity index is 2.15. The zero-order valence-electron chi connectivity index (χ0n) is 9.18. The van der Waals surface area contributed by atoms with E-state index in [2.05, 4.69) is 9.97 Å². The van der Waals surface area contributed by atoms with E-state index < -0.39 is 0 Å². The van der Waals surface area contributed by atoms with Gasteiger partial charge in [0, 0.05) is 12.4 Å². The molecule has 1 aromatic heterocycles. The van der Waals surface area contributed by atoms with Crippen LogP contribution in [0.15, 0.2) is 36.7 Å². The van der Waals surface area contributed by atoms with Crippen LogP contribution in [0.5, 0.6) is 5.75 Å². The van der Waals surface area contributed by atoms with E-state index in [1.165, 1.54) is 0 Å². The van der Waals surface area contributed by atoms with Crippen molar-refractivity contribution in [1.82, 2.24) is 9.97 Å². The minimum atomic E-state index is -0.217. The minimum absolute atomic E-state index is 0.217. The third kappa shape index (κ3) is 2.23. The minimum Gasteiger partial charge on any atom is -0.494 e. The van der Waals surface area contributed by atoms with Crippen molar-refractivity contribution in [1.29, 1.82) is 0 Å². The fourth-order valence-electron chi connectivity index (χ4n) is 1.54. The van der Waals surface area contributed by atoms with Crippen LogP contribution in [0, 0.1) is 0 Å². The van der Waals surface area contributed by atoms with Gasteiger partial charge in [0.25, 0.3) is 0 Å². The molecule has 84 valence electrons. The molecule has 4 nitrogen and oxygen atoms in total. The lowest BCUT2D eigenvalue weighted by atomic mass is 10.1. The number of ether oxygens (including phenoxy) is 1. The van der Waals surface area contributed by atoms with Crippen molar-refractivity contribution in [3.63, 3.8) is 0 Å². The summed E-state index contributed by atoms with van der Waals surface area (Å²) in [6, 6.07) is 7.53. The van der Waals surface area contributed by atoms with E-state index in [9.17, 15) is 0 Å². The van der Waals surface area contributed by atoms with Crippen LogP contribution in [0.3, 0.4) is 0 Å². The molecule has 4 heteroatoms. The Kier molecular flexibility index (Phi) is 3.22. The van der Waals surface area contributed by atoms with Crippen molar-refractivity contribution < 1.29 is 4.74 Å². The van der Waals surface area contributed by atoms with Crippen molar-refractivity contribution in [3.05, 3.63) is 48.0 Å². The topological polar surface area (TPSA) is 63.9 Å². The van der Waals surface area contributed by atoms with Gasteiger partial charge >= 0.3 is 0 Å². The van der Waals surface area contributed by atoms with Gasteiger partial charge in [-0.1, -0.05) is 12.1 Å². The first-order valence-corrected chi connectivity index (χ1v) is 5.29. The van der Waals surface area contributed by atoms with Gasteiger partial charge in [0.1, 0.15) is 11.6 Å². The summed E-state index contributed by atoms with van der Waals surface area (Å²) in [4.78, 5) is 7.15. The molecule has 0 aliphatic heterocycles. The second kappa shape index (κ2) is 4.81. The highest BCUT2D eigenvalue weighted by Crippen LogP contribution is 2.19. The second-order valence-corrected chi connectivity index (χ2v) is 3.45. The van der Waals surface area contributed by atoms with E-state index in [4.69, 9.17) is 10.5 Å². The largest absolute Gasteiger partial charge is 0.494 e. The Hall–Kier alpha value is -1.81. The van der Waals surface area contributed by atoms with Crippen molar-refractivity contribution in [2.75, 3.05) is 6.61 Å². The number of rotatable bonds is 4. The second-order valence-electron chi connectivity index (χ2n) is 3.45. The van der Waals surface area contributed by atoms with Crippen LogP contribution in [0.2, 0.25) is 0 Å². The fraction of sp³-hybridized carbons (Fsp3) is 0.250. The normalized spacial score (nSPS) is 12.4. The molecular formula is C12H15N3O. The third-order valence-corrected chi connectivity index (χ3v) is 2.36. The van der Waals surface area contributed by atoms with Crippen LogP contribution in [0.25, 0.3) is 0 Å². The van der Waals surface area contributed by atoms with Crippen LogP contribution < -0.4 is 10.5 Å². The van der Waals surface area contributed by atoms with E-state index in [1.54, 1.807) is 12.4 Å². The lowest BCUT2D eigenvalue weighted by molar-refractivity contribution is 0.340. The lowest BCUT2D eigenvalue weighted by Gasteiger charge is -2.10. The van der Waals surface area contributed by atoms with Crippen LogP contribution >= 0.6 is 0 Å². The number of benzene rings is 1. The fourth-order valence-corrected chi connectivity index (χ4v) is 1.54. The summed E-state index contributed by atoms with van der Waals surface area (Å²) in [7, 11) is 0. The maximum atomic E-state index is 6.05. The van der Waals surface area contributed by atoms with Gasteiger partial charge in [-0.3, -0.25) is 0 Å². The quantitative estimate of drug-likeness (QED) is 0.821. The Morgan fingerprint density at radius 3 is 2.69 bits per heavy atom. The average molecular weight is 217 g/mol. The molecule has 0 saturated carbocycles. The zero-order chi connectivity index (χ0) is 11.4. The smallest absolute Gasteiger partial charge is 0.127 e. The lowest BCUT2D eigenvalue weighted by Crippen LogP contribution is -2.13. The summed E-state index contributed by atoms with van der Waals surface area (Å²) in [6.45, 7) is 2.63. The molecule has 2 rings (SSSR count). The van der Waals surface area contributed by atoms with E-state index >= 15 is 0 Å². The highest BCUT2D eigenvalue weighted by atomic mass is 16.5. The summed E-state index contributed by atoms with van der Waals surface area (Å²) in [5, 5.41) is 0. The van der Waals surface area contributed by atoms with Crippen molar-refractivity contribution >= 4 is 0 Å². The number of imidazole rings is 1. The summed E-state index contributed by atoms with van der Waals surface area (Å²) >= 11 is 0. The predicted molar refractivity (Wildman–Crippen MR) is 62.2 cm³/mol. The predicted octanol–water partition coefficient (Wildman–Crippen LogP) is 1.86.